The van der Waals surface area contributed by atoms with Gasteiger partial charge >= 0.3 is 12.0 Å². The van der Waals surface area contributed by atoms with E-state index in [1.807, 2.05) is 0 Å². The van der Waals surface area contributed by atoms with Crippen molar-refractivity contribution in [2.75, 3.05) is 19.5 Å². The van der Waals surface area contributed by atoms with E-state index in [-0.39, 0.29) is 5.78 Å². The zero-order chi connectivity index (χ0) is 29.8. The van der Waals surface area contributed by atoms with Gasteiger partial charge in [0.05, 0.1) is 26.2 Å². The van der Waals surface area contributed by atoms with E-state index < -0.39 is 35.9 Å². The molecule has 0 aliphatic carbocycles. The minimum Gasteiger partial charge on any atom is -0.497 e. The highest BCUT2D eigenvalue weighted by Gasteiger charge is 2.57. The number of methoxy groups -OCH3 is 2. The topological polar surface area (TPSA) is 105 Å². The molecule has 1 fully saturated rings. The molecule has 0 bridgehead atoms. The van der Waals surface area contributed by atoms with Gasteiger partial charge < -0.3 is 24.8 Å². The number of hydrogen-bond donors (Lipinski definition) is 2. The Bertz CT molecular complexity index is 1560. The Balaban J connectivity index is 1.69. The predicted octanol–water partition coefficient (Wildman–Crippen LogP) is 6.68. The lowest BCUT2D eigenvalue weighted by Gasteiger charge is -2.30. The third-order valence-electron chi connectivity index (χ3n) is 7.57. The molecule has 1 saturated heterocycles. The summed E-state index contributed by atoms with van der Waals surface area (Å²) in [5, 5.41) is 14.0. The monoisotopic (exact) mass is 584 g/mol. The maximum absolute atomic E-state index is 14.4. The number of ether oxygens (including phenoxy) is 2. The minimum atomic E-state index is -1.38. The third kappa shape index (κ3) is 5.66. The number of anilines is 1. The smallest absolute Gasteiger partial charge is 0.327 e. The molecule has 1 heterocycles. The lowest BCUT2D eigenvalue weighted by molar-refractivity contribution is -0.142. The number of rotatable bonds is 8. The molecule has 9 heteroatoms. The second kappa shape index (κ2) is 12.4. The average Bonchev–Trinajstić information content (AvgIpc) is 3.38. The number of aliphatic carboxylic acids is 1. The van der Waals surface area contributed by atoms with Crippen molar-refractivity contribution in [3.05, 3.63) is 125 Å². The van der Waals surface area contributed by atoms with Crippen LogP contribution in [0.2, 0.25) is 5.02 Å². The Morgan fingerprint density at radius 2 is 1.31 bits per heavy atom. The van der Waals surface area contributed by atoms with E-state index in [4.69, 9.17) is 21.1 Å². The molecule has 4 aromatic rings. The van der Waals surface area contributed by atoms with Crippen LogP contribution < -0.4 is 14.8 Å². The van der Waals surface area contributed by atoms with Crippen LogP contribution in [0, 0.1) is 5.92 Å². The minimum absolute atomic E-state index is 0.276. The number of Topliss-reactive ketones (excluding diaryl/α,β-unsaturated/α-hetero) is 1. The summed E-state index contributed by atoms with van der Waals surface area (Å²) < 4.78 is 10.5. The number of amides is 2. The summed E-state index contributed by atoms with van der Waals surface area (Å²) in [7, 11) is 3.08. The van der Waals surface area contributed by atoms with Crippen LogP contribution in [0.1, 0.15) is 33.4 Å². The zero-order valence-electron chi connectivity index (χ0n) is 22.9. The molecule has 5 rings (SSSR count). The van der Waals surface area contributed by atoms with Gasteiger partial charge in [-0.25, -0.2) is 9.59 Å². The van der Waals surface area contributed by atoms with Gasteiger partial charge in [-0.15, -0.1) is 0 Å². The number of carboxylic acid groups (broad SMARTS) is 1. The fourth-order valence-electron chi connectivity index (χ4n) is 5.64. The Morgan fingerprint density at radius 1 is 0.762 bits per heavy atom. The van der Waals surface area contributed by atoms with E-state index >= 15 is 0 Å². The van der Waals surface area contributed by atoms with Crippen molar-refractivity contribution < 1.29 is 29.0 Å². The first-order chi connectivity index (χ1) is 20.3. The van der Waals surface area contributed by atoms with Gasteiger partial charge in [-0.2, -0.15) is 0 Å². The summed E-state index contributed by atoms with van der Waals surface area (Å²) >= 11 is 6.18. The molecule has 1 aliphatic rings. The summed E-state index contributed by atoms with van der Waals surface area (Å²) in [5.41, 5.74) is 2.04. The standard InChI is InChI=1S/C33H29ClN2O6/c1-41-25-16-10-21(11-17-25)29-28(31(37)22-6-4-3-5-7-22)27(20-8-12-23(34)13-9-20)30(32(38)39)36(29)33(40)35-24-14-18-26(42-2)19-15-24/h3-19,27-30H,1-2H3,(H,35,40)(H,38,39). The Labute approximate surface area is 248 Å². The highest BCUT2D eigenvalue weighted by atomic mass is 35.5. The molecule has 1 aliphatic heterocycles. The predicted molar refractivity (Wildman–Crippen MR) is 159 cm³/mol. The molecule has 0 saturated carbocycles. The number of halogens is 1. The van der Waals surface area contributed by atoms with E-state index in [0.29, 0.717) is 38.9 Å². The van der Waals surface area contributed by atoms with Gasteiger partial charge in [0.25, 0.3) is 0 Å². The lowest BCUT2D eigenvalue weighted by atomic mass is 9.76. The molecule has 2 amide bonds. The highest BCUT2D eigenvalue weighted by molar-refractivity contribution is 6.30. The van der Waals surface area contributed by atoms with Gasteiger partial charge in [0.2, 0.25) is 0 Å². The van der Waals surface area contributed by atoms with Crippen LogP contribution in [-0.2, 0) is 4.79 Å². The number of nitrogens with zero attached hydrogens (tertiary/aromatic N) is 1. The lowest BCUT2D eigenvalue weighted by Crippen LogP contribution is -2.45. The fraction of sp³-hybridized carbons (Fsp3) is 0.182. The van der Waals surface area contributed by atoms with Gasteiger partial charge in [-0.05, 0) is 59.7 Å². The van der Waals surface area contributed by atoms with Crippen LogP contribution in [0.3, 0.4) is 0 Å². The van der Waals surface area contributed by atoms with Crippen molar-refractivity contribution in [1.29, 1.82) is 0 Å². The van der Waals surface area contributed by atoms with Crippen LogP contribution in [0.25, 0.3) is 0 Å². The third-order valence-corrected chi connectivity index (χ3v) is 7.82. The van der Waals surface area contributed by atoms with Crippen molar-refractivity contribution in [3.63, 3.8) is 0 Å². The number of urea groups is 1. The first kappa shape index (κ1) is 28.7. The van der Waals surface area contributed by atoms with E-state index in [1.165, 1.54) is 19.1 Å². The average molecular weight is 585 g/mol. The van der Waals surface area contributed by atoms with Crippen molar-refractivity contribution >= 4 is 35.1 Å². The highest BCUT2D eigenvalue weighted by Crippen LogP contribution is 2.51. The number of benzene rings is 4. The summed E-state index contributed by atoms with van der Waals surface area (Å²) in [6.45, 7) is 0. The van der Waals surface area contributed by atoms with Gasteiger partial charge in [0, 0.05) is 22.2 Å². The number of hydrogen-bond acceptors (Lipinski definition) is 5. The summed E-state index contributed by atoms with van der Waals surface area (Å²) in [5.74, 6) is -2.15. The number of ketones is 1. The molecule has 4 unspecified atom stereocenters. The summed E-state index contributed by atoms with van der Waals surface area (Å²) in [6.07, 6.45) is 0. The molecule has 8 nitrogen and oxygen atoms in total. The molecule has 0 aromatic heterocycles. The Kier molecular flexibility index (Phi) is 8.45. The van der Waals surface area contributed by atoms with Crippen LogP contribution in [0.4, 0.5) is 10.5 Å². The van der Waals surface area contributed by atoms with E-state index in [1.54, 1.807) is 103 Å². The maximum Gasteiger partial charge on any atom is 0.327 e. The van der Waals surface area contributed by atoms with Crippen LogP contribution in [0.15, 0.2) is 103 Å². The second-order valence-electron chi connectivity index (χ2n) is 9.90. The molecule has 214 valence electrons. The molecule has 0 spiro atoms. The van der Waals surface area contributed by atoms with Crippen LogP contribution >= 0.6 is 11.6 Å². The molecule has 4 aromatic carbocycles. The quantitative estimate of drug-likeness (QED) is 0.224. The molecule has 2 N–H and O–H groups in total. The Morgan fingerprint density at radius 3 is 1.86 bits per heavy atom. The number of nitrogens with one attached hydrogen (secondary N) is 1. The van der Waals surface area contributed by atoms with Crippen LogP contribution in [-0.4, -0.2) is 48.1 Å². The number of carbonyl (C=O) groups is 3. The summed E-state index contributed by atoms with van der Waals surface area (Å²) in [6, 6.07) is 26.1. The van der Waals surface area contributed by atoms with Crippen molar-refractivity contribution in [1.82, 2.24) is 4.90 Å². The Hall–Kier alpha value is -4.82. The normalized spacial score (nSPS) is 19.6. The van der Waals surface area contributed by atoms with Crippen molar-refractivity contribution in [2.45, 2.75) is 18.0 Å². The number of carboxylic acids is 1. The van der Waals surface area contributed by atoms with E-state index in [2.05, 4.69) is 5.32 Å². The largest absolute Gasteiger partial charge is 0.497 e. The first-order valence-corrected chi connectivity index (χ1v) is 13.6. The molecule has 42 heavy (non-hydrogen) atoms. The maximum atomic E-state index is 14.4. The molecule has 4 atom stereocenters. The second-order valence-corrected chi connectivity index (χ2v) is 10.3. The zero-order valence-corrected chi connectivity index (χ0v) is 23.7. The molecule has 0 radical (unpaired) electrons. The van der Waals surface area contributed by atoms with Crippen LogP contribution in [0.5, 0.6) is 11.5 Å². The van der Waals surface area contributed by atoms with Gasteiger partial charge in [-0.3, -0.25) is 4.79 Å². The van der Waals surface area contributed by atoms with Gasteiger partial charge in [-0.1, -0.05) is 66.2 Å². The van der Waals surface area contributed by atoms with Gasteiger partial charge in [0.1, 0.15) is 17.5 Å². The molecular weight excluding hydrogens is 556 g/mol. The number of likely N-dealkylation sites (tertiary alicyclic amines) is 1. The molecular formula is C33H29ClN2O6. The van der Waals surface area contributed by atoms with E-state index in [9.17, 15) is 19.5 Å². The SMILES string of the molecule is COc1ccc(NC(=O)N2C(C(=O)O)C(c3ccc(Cl)cc3)C(C(=O)c3ccccc3)C2c2ccc(OC)cc2)cc1. The van der Waals surface area contributed by atoms with E-state index in [0.717, 1.165) is 0 Å². The fourth-order valence-corrected chi connectivity index (χ4v) is 5.77. The summed E-state index contributed by atoms with van der Waals surface area (Å²) in [4.78, 5) is 42.8. The van der Waals surface area contributed by atoms with Crippen molar-refractivity contribution in [3.8, 4) is 11.5 Å². The van der Waals surface area contributed by atoms with Gasteiger partial charge in [0.15, 0.2) is 5.78 Å². The number of carbonyl (C=O) groups excluding carboxylic acids is 2. The van der Waals surface area contributed by atoms with Crippen molar-refractivity contribution in [2.24, 2.45) is 5.92 Å². The first-order valence-electron chi connectivity index (χ1n) is 13.3.